The van der Waals surface area contributed by atoms with Crippen molar-refractivity contribution in [2.75, 3.05) is 7.05 Å². The second-order valence-corrected chi connectivity index (χ2v) is 3.51. The first-order valence-electron chi connectivity index (χ1n) is 4.63. The van der Waals surface area contributed by atoms with Crippen LogP contribution in [0.2, 0.25) is 0 Å². The highest BCUT2D eigenvalue weighted by atomic mass is 16.4. The summed E-state index contributed by atoms with van der Waals surface area (Å²) in [5.74, 6) is -2.14. The van der Waals surface area contributed by atoms with Crippen molar-refractivity contribution in [3.8, 4) is 0 Å². The van der Waals surface area contributed by atoms with Crippen LogP contribution in [0.15, 0.2) is 0 Å². The van der Waals surface area contributed by atoms with Gasteiger partial charge >= 0.3 is 11.9 Å². The van der Waals surface area contributed by atoms with Crippen molar-refractivity contribution in [1.29, 1.82) is 0 Å². The smallest absolute Gasteiger partial charge is 0.394 e. The second kappa shape index (κ2) is 4.25. The number of aliphatic carboxylic acids is 1. The number of carbonyl (C=O) groups is 2. The van der Waals surface area contributed by atoms with E-state index in [9.17, 15) is 9.59 Å². The molecule has 0 unspecified atom stereocenters. The van der Waals surface area contributed by atoms with E-state index in [1.165, 1.54) is 11.3 Å². The average Bonchev–Trinajstić information content (AvgIpc) is 2.17. The molecule has 0 aliphatic heterocycles. The van der Waals surface area contributed by atoms with Crippen LogP contribution in [-0.4, -0.2) is 35.0 Å². The third kappa shape index (κ3) is 2.44. The highest BCUT2D eigenvalue weighted by molar-refractivity contribution is 6.31. The maximum absolute atomic E-state index is 11.1. The Labute approximate surface area is 77.5 Å². The normalized spacial score (nSPS) is 18.2. The monoisotopic (exact) mass is 185 g/mol. The zero-order valence-electron chi connectivity index (χ0n) is 7.82. The Morgan fingerprint density at radius 3 is 2.23 bits per heavy atom. The number of rotatable bonds is 1. The molecule has 0 atom stereocenters. The molecule has 13 heavy (non-hydrogen) atoms. The number of nitrogens with zero attached hydrogens (tertiary/aromatic N) is 1. The van der Waals surface area contributed by atoms with Gasteiger partial charge < -0.3 is 10.0 Å². The molecule has 0 aromatic carbocycles. The summed E-state index contributed by atoms with van der Waals surface area (Å²) in [6.07, 6.45) is 5.28. The lowest BCUT2D eigenvalue weighted by molar-refractivity contribution is -0.156. The van der Waals surface area contributed by atoms with Crippen molar-refractivity contribution in [1.82, 2.24) is 4.90 Å². The van der Waals surface area contributed by atoms with Crippen LogP contribution in [0.1, 0.15) is 32.1 Å². The van der Waals surface area contributed by atoms with E-state index in [1.54, 1.807) is 7.05 Å². The fourth-order valence-corrected chi connectivity index (χ4v) is 1.79. The topological polar surface area (TPSA) is 57.6 Å². The lowest BCUT2D eigenvalue weighted by atomic mass is 9.94. The number of hydrogen-bond acceptors (Lipinski definition) is 2. The molecule has 0 aromatic heterocycles. The van der Waals surface area contributed by atoms with Crippen molar-refractivity contribution in [2.45, 2.75) is 38.1 Å². The first-order chi connectivity index (χ1) is 6.13. The fraction of sp³-hybridized carbons (Fsp3) is 0.778. The number of amides is 1. The van der Waals surface area contributed by atoms with Crippen LogP contribution in [0.3, 0.4) is 0 Å². The Balaban J connectivity index is 2.49. The molecule has 1 aliphatic carbocycles. The maximum Gasteiger partial charge on any atom is 0.394 e. The van der Waals surface area contributed by atoms with Gasteiger partial charge in [-0.15, -0.1) is 0 Å². The summed E-state index contributed by atoms with van der Waals surface area (Å²) in [7, 11) is 1.58. The summed E-state index contributed by atoms with van der Waals surface area (Å²) < 4.78 is 0. The zero-order chi connectivity index (χ0) is 9.84. The molecule has 0 heterocycles. The van der Waals surface area contributed by atoms with E-state index in [4.69, 9.17) is 5.11 Å². The standard InChI is InChI=1S/C9H15NO3/c1-10(8(11)9(12)13)7-5-3-2-4-6-7/h7H,2-6H2,1H3,(H,12,13). The maximum atomic E-state index is 11.1. The molecule has 1 rings (SSSR count). The van der Waals surface area contributed by atoms with Gasteiger partial charge in [-0.3, -0.25) is 4.79 Å². The van der Waals surface area contributed by atoms with Gasteiger partial charge in [-0.25, -0.2) is 4.79 Å². The van der Waals surface area contributed by atoms with E-state index in [0.29, 0.717) is 0 Å². The molecule has 74 valence electrons. The van der Waals surface area contributed by atoms with E-state index in [1.807, 2.05) is 0 Å². The molecule has 1 fully saturated rings. The quantitative estimate of drug-likeness (QED) is 0.616. The molecular weight excluding hydrogens is 170 g/mol. The van der Waals surface area contributed by atoms with Gasteiger partial charge in [0.15, 0.2) is 0 Å². The summed E-state index contributed by atoms with van der Waals surface area (Å²) >= 11 is 0. The van der Waals surface area contributed by atoms with Crippen molar-refractivity contribution < 1.29 is 14.7 Å². The Morgan fingerprint density at radius 1 is 1.23 bits per heavy atom. The number of carboxylic acid groups (broad SMARTS) is 1. The number of likely N-dealkylation sites (N-methyl/N-ethyl adjacent to an activating group) is 1. The van der Waals surface area contributed by atoms with Crippen molar-refractivity contribution in [3.63, 3.8) is 0 Å². The van der Waals surface area contributed by atoms with Crippen LogP contribution < -0.4 is 0 Å². The van der Waals surface area contributed by atoms with Crippen LogP contribution in [0.4, 0.5) is 0 Å². The SMILES string of the molecule is CN(C(=O)C(=O)O)C1CCCCC1. The summed E-state index contributed by atoms with van der Waals surface area (Å²) in [6.45, 7) is 0. The Hall–Kier alpha value is -1.06. The van der Waals surface area contributed by atoms with Crippen LogP contribution in [0, 0.1) is 0 Å². The second-order valence-electron chi connectivity index (χ2n) is 3.51. The summed E-state index contributed by atoms with van der Waals surface area (Å²) in [4.78, 5) is 22.8. The third-order valence-corrected chi connectivity index (χ3v) is 2.63. The molecule has 4 nitrogen and oxygen atoms in total. The lowest BCUT2D eigenvalue weighted by Crippen LogP contribution is -2.41. The molecule has 0 radical (unpaired) electrons. The number of hydrogen-bond donors (Lipinski definition) is 1. The van der Waals surface area contributed by atoms with Gasteiger partial charge in [0.25, 0.3) is 0 Å². The first kappa shape index (κ1) is 10.0. The van der Waals surface area contributed by atoms with E-state index in [-0.39, 0.29) is 6.04 Å². The third-order valence-electron chi connectivity index (χ3n) is 2.63. The van der Waals surface area contributed by atoms with Crippen LogP contribution in [-0.2, 0) is 9.59 Å². The molecule has 0 saturated heterocycles. The molecule has 0 aromatic rings. The van der Waals surface area contributed by atoms with Crippen molar-refractivity contribution in [2.24, 2.45) is 0 Å². The van der Waals surface area contributed by atoms with Gasteiger partial charge in [0.1, 0.15) is 0 Å². The number of carbonyl (C=O) groups excluding carboxylic acids is 1. The molecule has 1 aliphatic rings. The van der Waals surface area contributed by atoms with E-state index < -0.39 is 11.9 Å². The van der Waals surface area contributed by atoms with Crippen molar-refractivity contribution in [3.05, 3.63) is 0 Å². The molecule has 1 N–H and O–H groups in total. The van der Waals surface area contributed by atoms with Gasteiger partial charge in [-0.1, -0.05) is 19.3 Å². The van der Waals surface area contributed by atoms with Crippen LogP contribution in [0.25, 0.3) is 0 Å². The van der Waals surface area contributed by atoms with Crippen LogP contribution >= 0.6 is 0 Å². The minimum Gasteiger partial charge on any atom is -0.474 e. The van der Waals surface area contributed by atoms with E-state index in [0.717, 1.165) is 25.7 Å². The summed E-state index contributed by atoms with van der Waals surface area (Å²) in [5.41, 5.74) is 0. The van der Waals surface area contributed by atoms with Crippen LogP contribution in [0.5, 0.6) is 0 Å². The Kier molecular flexibility index (Phi) is 3.28. The van der Waals surface area contributed by atoms with E-state index >= 15 is 0 Å². The predicted molar refractivity (Wildman–Crippen MR) is 47.3 cm³/mol. The molecule has 4 heteroatoms. The molecule has 1 saturated carbocycles. The molecule has 0 bridgehead atoms. The highest BCUT2D eigenvalue weighted by Gasteiger charge is 2.25. The van der Waals surface area contributed by atoms with Gasteiger partial charge in [-0.2, -0.15) is 0 Å². The highest BCUT2D eigenvalue weighted by Crippen LogP contribution is 2.21. The minimum atomic E-state index is -1.35. The Morgan fingerprint density at radius 2 is 1.77 bits per heavy atom. The largest absolute Gasteiger partial charge is 0.474 e. The van der Waals surface area contributed by atoms with E-state index in [2.05, 4.69) is 0 Å². The predicted octanol–water partition coefficient (Wildman–Crippen LogP) is 0.862. The number of carboxylic acids is 1. The summed E-state index contributed by atoms with van der Waals surface area (Å²) in [5, 5.41) is 8.49. The van der Waals surface area contributed by atoms with Gasteiger partial charge in [0, 0.05) is 13.1 Å². The lowest BCUT2D eigenvalue weighted by Gasteiger charge is -2.29. The van der Waals surface area contributed by atoms with Crippen molar-refractivity contribution >= 4 is 11.9 Å². The molecule has 1 amide bonds. The first-order valence-corrected chi connectivity index (χ1v) is 4.63. The fourth-order valence-electron chi connectivity index (χ4n) is 1.79. The molecular formula is C9H15NO3. The van der Waals surface area contributed by atoms with Gasteiger partial charge in [0.2, 0.25) is 0 Å². The van der Waals surface area contributed by atoms with Gasteiger partial charge in [-0.05, 0) is 12.8 Å². The minimum absolute atomic E-state index is 0.136. The van der Waals surface area contributed by atoms with Gasteiger partial charge in [0.05, 0.1) is 0 Å². The Bertz CT molecular complexity index is 209. The average molecular weight is 185 g/mol. The zero-order valence-corrected chi connectivity index (χ0v) is 7.82. The molecule has 0 spiro atoms. The summed E-state index contributed by atoms with van der Waals surface area (Å²) in [6, 6.07) is 0.136.